The van der Waals surface area contributed by atoms with Gasteiger partial charge >= 0.3 is 0 Å². The summed E-state index contributed by atoms with van der Waals surface area (Å²) < 4.78 is 58.2. The fourth-order valence-electron chi connectivity index (χ4n) is 2.87. The van der Waals surface area contributed by atoms with Gasteiger partial charge in [-0.1, -0.05) is 42.5 Å². The van der Waals surface area contributed by atoms with E-state index in [9.17, 15) is 22.4 Å². The maximum absolute atomic E-state index is 13.6. The maximum Gasteiger partial charge on any atom is 0.264 e. The molecule has 3 aromatic carbocycles. The number of hydrogen-bond acceptors (Lipinski definition) is 4. The van der Waals surface area contributed by atoms with E-state index in [1.165, 1.54) is 0 Å². The smallest absolute Gasteiger partial charge is 0.264 e. The number of anilines is 1. The first kappa shape index (κ1) is 19.8. The van der Waals surface area contributed by atoms with Crippen LogP contribution in [-0.2, 0) is 4.79 Å². The first-order valence-electron chi connectivity index (χ1n) is 8.63. The predicted octanol–water partition coefficient (Wildman–Crippen LogP) is 5.54. The van der Waals surface area contributed by atoms with E-state index in [0.717, 1.165) is 27.7 Å². The van der Waals surface area contributed by atoms with E-state index in [2.05, 4.69) is 15.0 Å². The van der Waals surface area contributed by atoms with Crippen LogP contribution in [-0.4, -0.2) is 17.5 Å². The summed E-state index contributed by atoms with van der Waals surface area (Å²) >= 11 is 1.15. The number of amides is 1. The number of carbonyl (C=O) groups excluding carboxylic acids is 1. The zero-order valence-corrected chi connectivity index (χ0v) is 15.9. The van der Waals surface area contributed by atoms with Crippen LogP contribution in [0.1, 0.15) is 0 Å². The van der Waals surface area contributed by atoms with E-state index in [-0.39, 0.29) is 11.2 Å². The average molecular weight is 432 g/mol. The highest BCUT2D eigenvalue weighted by atomic mass is 32.1. The van der Waals surface area contributed by atoms with Gasteiger partial charge in [0.05, 0.1) is 5.69 Å². The fourth-order valence-corrected chi connectivity index (χ4v) is 3.60. The van der Waals surface area contributed by atoms with E-state index in [4.69, 9.17) is 0 Å². The Kier molecular flexibility index (Phi) is 5.37. The minimum atomic E-state index is -1.71. The number of rotatable bonds is 5. The summed E-state index contributed by atoms with van der Waals surface area (Å²) in [6, 6.07) is 13.6. The first-order valence-corrected chi connectivity index (χ1v) is 9.51. The van der Waals surface area contributed by atoms with Gasteiger partial charge in [-0.15, -0.1) is 11.3 Å². The van der Waals surface area contributed by atoms with Crippen LogP contribution in [0.3, 0.4) is 0 Å². The molecule has 0 fully saturated rings. The second-order valence-corrected chi connectivity index (χ2v) is 7.06. The van der Waals surface area contributed by atoms with Crippen molar-refractivity contribution in [2.45, 2.75) is 0 Å². The molecule has 4 nitrogen and oxygen atoms in total. The molecule has 0 unspecified atom stereocenters. The van der Waals surface area contributed by atoms with E-state index in [1.807, 2.05) is 42.5 Å². The molecule has 0 saturated carbocycles. The van der Waals surface area contributed by atoms with Crippen molar-refractivity contribution in [2.75, 3.05) is 11.9 Å². The number of benzene rings is 3. The van der Waals surface area contributed by atoms with Crippen molar-refractivity contribution in [3.63, 3.8) is 0 Å². The number of thiazole rings is 1. The van der Waals surface area contributed by atoms with Crippen molar-refractivity contribution in [1.29, 1.82) is 0 Å². The Labute approximate surface area is 171 Å². The second-order valence-electron chi connectivity index (χ2n) is 6.20. The highest BCUT2D eigenvalue weighted by molar-refractivity contribution is 7.14. The lowest BCUT2D eigenvalue weighted by Crippen LogP contribution is -2.21. The Hall–Kier alpha value is -3.46. The Balaban J connectivity index is 1.48. The molecule has 0 aliphatic rings. The number of fused-ring (bicyclic) bond motifs is 1. The highest BCUT2D eigenvalue weighted by Crippen LogP contribution is 2.31. The molecule has 1 heterocycles. The summed E-state index contributed by atoms with van der Waals surface area (Å²) in [4.78, 5) is 16.4. The summed E-state index contributed by atoms with van der Waals surface area (Å²) in [5, 5.41) is 6.44. The summed E-state index contributed by atoms with van der Waals surface area (Å²) in [5.41, 5.74) is 1.51. The summed E-state index contributed by atoms with van der Waals surface area (Å²) in [6.45, 7) is -0.861. The van der Waals surface area contributed by atoms with Gasteiger partial charge in [-0.3, -0.25) is 10.1 Å². The quantitative estimate of drug-likeness (QED) is 0.333. The molecule has 0 spiro atoms. The number of ether oxygens (including phenoxy) is 1. The van der Waals surface area contributed by atoms with Gasteiger partial charge in [0.15, 0.2) is 29.1 Å². The molecular weight excluding hydrogens is 420 g/mol. The van der Waals surface area contributed by atoms with Crippen LogP contribution in [0.25, 0.3) is 22.0 Å². The van der Waals surface area contributed by atoms with Gasteiger partial charge in [-0.05, 0) is 10.8 Å². The lowest BCUT2D eigenvalue weighted by molar-refractivity contribution is -0.118. The Morgan fingerprint density at radius 1 is 1.00 bits per heavy atom. The van der Waals surface area contributed by atoms with Gasteiger partial charge in [0.1, 0.15) is 0 Å². The lowest BCUT2D eigenvalue weighted by Gasteiger charge is -2.09. The van der Waals surface area contributed by atoms with Crippen LogP contribution in [0, 0.1) is 23.3 Å². The molecule has 0 saturated heterocycles. The number of hydrogen-bond donors (Lipinski definition) is 1. The first-order chi connectivity index (χ1) is 14.4. The summed E-state index contributed by atoms with van der Waals surface area (Å²) in [5.74, 6) is -8.76. The van der Waals surface area contributed by atoms with Crippen LogP contribution in [0.15, 0.2) is 53.9 Å². The van der Waals surface area contributed by atoms with E-state index in [1.54, 1.807) is 5.38 Å². The normalized spacial score (nSPS) is 10.9. The monoisotopic (exact) mass is 432 g/mol. The lowest BCUT2D eigenvalue weighted by atomic mass is 10.0. The third kappa shape index (κ3) is 3.84. The molecule has 1 amide bonds. The van der Waals surface area contributed by atoms with Crippen molar-refractivity contribution < 1.29 is 27.1 Å². The maximum atomic E-state index is 13.6. The molecule has 152 valence electrons. The zero-order chi connectivity index (χ0) is 21.3. The third-order valence-corrected chi connectivity index (χ3v) is 4.99. The standard InChI is InChI=1S/C21H12F4N2O2S/c22-14-8-15(23)19(25)20(18(14)24)29-9-17(28)27-21-26-16(10-30-21)13-7-3-5-11-4-1-2-6-12(11)13/h1-8,10H,9H2,(H,26,27,28). The molecule has 0 aliphatic heterocycles. The minimum absolute atomic E-state index is 0.0575. The summed E-state index contributed by atoms with van der Waals surface area (Å²) in [6.07, 6.45) is 0. The van der Waals surface area contributed by atoms with Crippen molar-refractivity contribution >= 4 is 33.1 Å². The van der Waals surface area contributed by atoms with Crippen molar-refractivity contribution in [2.24, 2.45) is 0 Å². The third-order valence-electron chi connectivity index (χ3n) is 4.24. The van der Waals surface area contributed by atoms with Crippen molar-refractivity contribution in [3.05, 3.63) is 77.2 Å². The van der Waals surface area contributed by atoms with Gasteiger partial charge in [0.2, 0.25) is 11.6 Å². The van der Waals surface area contributed by atoms with E-state index >= 15 is 0 Å². The van der Waals surface area contributed by atoms with Crippen LogP contribution < -0.4 is 10.1 Å². The number of nitrogens with one attached hydrogen (secondary N) is 1. The second kappa shape index (κ2) is 8.11. The van der Waals surface area contributed by atoms with Crippen LogP contribution >= 0.6 is 11.3 Å². The van der Waals surface area contributed by atoms with Gasteiger partial charge in [0, 0.05) is 17.0 Å². The van der Waals surface area contributed by atoms with Crippen LogP contribution in [0.4, 0.5) is 22.7 Å². The van der Waals surface area contributed by atoms with Crippen molar-refractivity contribution in [3.8, 4) is 17.0 Å². The predicted molar refractivity (Wildman–Crippen MR) is 105 cm³/mol. The molecular formula is C21H12F4N2O2S. The molecule has 1 N–H and O–H groups in total. The van der Waals surface area contributed by atoms with Crippen LogP contribution in [0.2, 0.25) is 0 Å². The molecule has 0 radical (unpaired) electrons. The molecule has 9 heteroatoms. The fraction of sp³-hybridized carbons (Fsp3) is 0.0476. The van der Waals surface area contributed by atoms with Gasteiger partial charge in [-0.25, -0.2) is 13.8 Å². The number of nitrogens with zero attached hydrogens (tertiary/aromatic N) is 1. The van der Waals surface area contributed by atoms with Crippen LogP contribution in [0.5, 0.6) is 5.75 Å². The Morgan fingerprint density at radius 3 is 2.47 bits per heavy atom. The molecule has 0 bridgehead atoms. The van der Waals surface area contributed by atoms with Gasteiger partial charge < -0.3 is 4.74 Å². The zero-order valence-electron chi connectivity index (χ0n) is 15.1. The largest absolute Gasteiger partial charge is 0.477 e. The summed E-state index contributed by atoms with van der Waals surface area (Å²) in [7, 11) is 0. The topological polar surface area (TPSA) is 51.2 Å². The van der Waals surface area contributed by atoms with E-state index in [0.29, 0.717) is 5.69 Å². The Bertz CT molecular complexity index is 1230. The molecule has 0 atom stereocenters. The number of aromatic nitrogens is 1. The average Bonchev–Trinajstić information content (AvgIpc) is 3.20. The minimum Gasteiger partial charge on any atom is -0.477 e. The van der Waals surface area contributed by atoms with Gasteiger partial charge in [-0.2, -0.15) is 8.78 Å². The molecule has 4 rings (SSSR count). The molecule has 0 aliphatic carbocycles. The number of halogens is 4. The molecule has 1 aromatic heterocycles. The highest BCUT2D eigenvalue weighted by Gasteiger charge is 2.21. The number of carbonyl (C=O) groups is 1. The van der Waals surface area contributed by atoms with Crippen molar-refractivity contribution in [1.82, 2.24) is 4.98 Å². The SMILES string of the molecule is O=C(COc1c(F)c(F)cc(F)c1F)Nc1nc(-c2cccc3ccccc23)cs1. The molecule has 30 heavy (non-hydrogen) atoms. The van der Waals surface area contributed by atoms with Gasteiger partial charge in [0.25, 0.3) is 5.91 Å². The molecule has 4 aromatic rings. The van der Waals surface area contributed by atoms with E-state index < -0.39 is 41.5 Å². The Morgan fingerprint density at radius 2 is 1.70 bits per heavy atom.